The van der Waals surface area contributed by atoms with E-state index >= 15 is 0 Å². The third-order valence-electron chi connectivity index (χ3n) is 3.51. The Balaban J connectivity index is 1.73. The summed E-state index contributed by atoms with van der Waals surface area (Å²) < 4.78 is 25.2. The van der Waals surface area contributed by atoms with Crippen molar-refractivity contribution in [3.63, 3.8) is 0 Å². The first-order valence-electron chi connectivity index (χ1n) is 6.10. The number of aromatic nitrogens is 2. The van der Waals surface area contributed by atoms with E-state index in [4.69, 9.17) is 0 Å². The molecule has 2 heterocycles. The maximum atomic E-state index is 12.6. The van der Waals surface area contributed by atoms with E-state index in [1.54, 1.807) is 6.20 Å². The molecule has 1 saturated heterocycles. The van der Waals surface area contributed by atoms with Crippen LogP contribution in [0, 0.1) is 5.92 Å². The third-order valence-corrected chi connectivity index (χ3v) is 3.51. The van der Waals surface area contributed by atoms with Crippen molar-refractivity contribution in [2.45, 2.75) is 31.6 Å². The average molecular weight is 239 g/mol. The summed E-state index contributed by atoms with van der Waals surface area (Å²) in [7, 11) is 0. The highest BCUT2D eigenvalue weighted by Crippen LogP contribution is 2.38. The van der Waals surface area contributed by atoms with Crippen LogP contribution in [0.3, 0.4) is 0 Å². The molecule has 92 valence electrons. The van der Waals surface area contributed by atoms with Crippen LogP contribution in [0.4, 0.5) is 14.6 Å². The van der Waals surface area contributed by atoms with Gasteiger partial charge in [0.2, 0.25) is 6.43 Å². The topological polar surface area (TPSA) is 29.0 Å². The van der Waals surface area contributed by atoms with Gasteiger partial charge in [-0.05, 0) is 25.3 Å². The highest BCUT2D eigenvalue weighted by molar-refractivity contribution is 5.39. The summed E-state index contributed by atoms with van der Waals surface area (Å²) in [4.78, 5) is 10.7. The van der Waals surface area contributed by atoms with E-state index in [2.05, 4.69) is 9.97 Å². The van der Waals surface area contributed by atoms with Gasteiger partial charge in [-0.25, -0.2) is 18.7 Å². The van der Waals surface area contributed by atoms with Gasteiger partial charge in [0.1, 0.15) is 11.6 Å². The predicted octanol–water partition coefficient (Wildman–Crippen LogP) is 2.45. The van der Waals surface area contributed by atoms with Gasteiger partial charge in [0.15, 0.2) is 0 Å². The molecule has 1 unspecified atom stereocenters. The van der Waals surface area contributed by atoms with Gasteiger partial charge in [-0.2, -0.15) is 0 Å². The van der Waals surface area contributed by atoms with E-state index in [1.165, 1.54) is 0 Å². The zero-order valence-corrected chi connectivity index (χ0v) is 9.52. The monoisotopic (exact) mass is 239 g/mol. The molecule has 1 aromatic rings. The van der Waals surface area contributed by atoms with Crippen molar-refractivity contribution in [2.24, 2.45) is 5.92 Å². The minimum atomic E-state index is -2.22. The van der Waals surface area contributed by atoms with Crippen molar-refractivity contribution < 1.29 is 8.78 Å². The Bertz CT molecular complexity index is 406. The lowest BCUT2D eigenvalue weighted by molar-refractivity contribution is 0.0880. The summed E-state index contributed by atoms with van der Waals surface area (Å²) in [6.45, 7) is 1.09. The zero-order valence-electron chi connectivity index (χ0n) is 9.52. The molecule has 0 bridgehead atoms. The highest BCUT2D eigenvalue weighted by atomic mass is 19.3. The fourth-order valence-corrected chi connectivity index (χ4v) is 2.28. The molecule has 1 aliphatic heterocycles. The second kappa shape index (κ2) is 4.20. The minimum absolute atomic E-state index is 0.415. The van der Waals surface area contributed by atoms with E-state index in [0.29, 0.717) is 25.4 Å². The SMILES string of the molecule is FC(F)C1CCN(c2ccnc(C3CC3)n2)C1. The van der Waals surface area contributed by atoms with Crippen LogP contribution in [0.2, 0.25) is 0 Å². The maximum absolute atomic E-state index is 12.6. The van der Waals surface area contributed by atoms with Crippen LogP contribution in [0.25, 0.3) is 0 Å². The molecule has 2 aliphatic rings. The van der Waals surface area contributed by atoms with E-state index in [9.17, 15) is 8.78 Å². The van der Waals surface area contributed by atoms with Crippen molar-refractivity contribution in [2.75, 3.05) is 18.0 Å². The lowest BCUT2D eigenvalue weighted by Crippen LogP contribution is -2.23. The van der Waals surface area contributed by atoms with Gasteiger partial charge in [-0.3, -0.25) is 0 Å². The molecule has 3 nitrogen and oxygen atoms in total. The van der Waals surface area contributed by atoms with Crippen LogP contribution in [-0.4, -0.2) is 29.5 Å². The molecule has 2 fully saturated rings. The van der Waals surface area contributed by atoms with Crippen molar-refractivity contribution in [3.05, 3.63) is 18.1 Å². The number of rotatable bonds is 3. The summed E-state index contributed by atoms with van der Waals surface area (Å²) in [5.41, 5.74) is 0. The van der Waals surface area contributed by atoms with Gasteiger partial charge in [0, 0.05) is 31.1 Å². The van der Waals surface area contributed by atoms with Gasteiger partial charge >= 0.3 is 0 Å². The van der Waals surface area contributed by atoms with Gasteiger partial charge in [-0.15, -0.1) is 0 Å². The number of nitrogens with zero attached hydrogens (tertiary/aromatic N) is 3. The lowest BCUT2D eigenvalue weighted by Gasteiger charge is -2.17. The number of hydrogen-bond donors (Lipinski definition) is 0. The van der Waals surface area contributed by atoms with E-state index in [0.717, 1.165) is 24.5 Å². The summed E-state index contributed by atoms with van der Waals surface area (Å²) >= 11 is 0. The molecule has 0 aromatic carbocycles. The van der Waals surface area contributed by atoms with Crippen molar-refractivity contribution in [1.29, 1.82) is 0 Å². The molecular formula is C12H15F2N3. The molecule has 0 spiro atoms. The molecule has 17 heavy (non-hydrogen) atoms. The Morgan fingerprint density at radius 3 is 2.76 bits per heavy atom. The van der Waals surface area contributed by atoms with Crippen LogP contribution < -0.4 is 4.90 Å². The zero-order chi connectivity index (χ0) is 11.8. The molecule has 3 rings (SSSR count). The lowest BCUT2D eigenvalue weighted by atomic mass is 10.1. The number of anilines is 1. The molecular weight excluding hydrogens is 224 g/mol. The molecule has 5 heteroatoms. The normalized spacial score (nSPS) is 24.6. The molecule has 1 saturated carbocycles. The van der Waals surface area contributed by atoms with Crippen molar-refractivity contribution >= 4 is 5.82 Å². The summed E-state index contributed by atoms with van der Waals surface area (Å²) in [6, 6.07) is 1.82. The molecule has 1 atom stereocenters. The molecule has 0 N–H and O–H groups in total. The van der Waals surface area contributed by atoms with Crippen LogP contribution in [0.5, 0.6) is 0 Å². The Labute approximate surface area is 98.9 Å². The summed E-state index contributed by atoms with van der Waals surface area (Å²) in [5.74, 6) is 1.69. The summed E-state index contributed by atoms with van der Waals surface area (Å²) in [6.07, 6.45) is 2.39. The second-order valence-electron chi connectivity index (χ2n) is 4.88. The van der Waals surface area contributed by atoms with E-state index < -0.39 is 12.3 Å². The minimum Gasteiger partial charge on any atom is -0.356 e. The number of alkyl halides is 2. The quantitative estimate of drug-likeness (QED) is 0.811. The Hall–Kier alpha value is -1.26. The van der Waals surface area contributed by atoms with Gasteiger partial charge < -0.3 is 4.90 Å². The number of halogens is 2. The standard InChI is InChI=1S/C12H15F2N3/c13-11(14)9-4-6-17(7-9)10-3-5-15-12(16-10)8-1-2-8/h3,5,8-9,11H,1-2,4,6-7H2. The van der Waals surface area contributed by atoms with Crippen LogP contribution in [-0.2, 0) is 0 Å². The first-order chi connectivity index (χ1) is 8.24. The molecule has 0 radical (unpaired) electrons. The second-order valence-corrected chi connectivity index (χ2v) is 4.88. The molecule has 1 aliphatic carbocycles. The van der Waals surface area contributed by atoms with Crippen LogP contribution in [0.1, 0.15) is 31.0 Å². The van der Waals surface area contributed by atoms with Crippen LogP contribution in [0.15, 0.2) is 12.3 Å². The predicted molar refractivity (Wildman–Crippen MR) is 60.3 cm³/mol. The largest absolute Gasteiger partial charge is 0.356 e. The third kappa shape index (κ3) is 2.23. The maximum Gasteiger partial charge on any atom is 0.243 e. The average Bonchev–Trinajstić information content (AvgIpc) is 3.06. The van der Waals surface area contributed by atoms with E-state index in [-0.39, 0.29) is 0 Å². The fraction of sp³-hybridized carbons (Fsp3) is 0.667. The van der Waals surface area contributed by atoms with Crippen LogP contribution >= 0.6 is 0 Å². The van der Waals surface area contributed by atoms with Gasteiger partial charge in [0.25, 0.3) is 0 Å². The molecule has 1 aromatic heterocycles. The Morgan fingerprint density at radius 2 is 2.12 bits per heavy atom. The van der Waals surface area contributed by atoms with Gasteiger partial charge in [-0.1, -0.05) is 0 Å². The smallest absolute Gasteiger partial charge is 0.243 e. The first-order valence-corrected chi connectivity index (χ1v) is 6.10. The Morgan fingerprint density at radius 1 is 1.29 bits per heavy atom. The van der Waals surface area contributed by atoms with Gasteiger partial charge in [0.05, 0.1) is 0 Å². The van der Waals surface area contributed by atoms with E-state index in [1.807, 2.05) is 11.0 Å². The molecule has 0 amide bonds. The first kappa shape index (κ1) is 10.9. The highest BCUT2D eigenvalue weighted by Gasteiger charge is 2.31. The summed E-state index contributed by atoms with van der Waals surface area (Å²) in [5, 5.41) is 0. The number of hydrogen-bond acceptors (Lipinski definition) is 3. The van der Waals surface area contributed by atoms with Crippen molar-refractivity contribution in [3.8, 4) is 0 Å². The fourth-order valence-electron chi connectivity index (χ4n) is 2.28. The Kier molecular flexibility index (Phi) is 2.68. The van der Waals surface area contributed by atoms with Crippen molar-refractivity contribution in [1.82, 2.24) is 9.97 Å².